The lowest BCUT2D eigenvalue weighted by molar-refractivity contribution is 0.231. The number of aryl methyl sites for hydroxylation is 1. The van der Waals surface area contributed by atoms with Crippen molar-refractivity contribution in [2.75, 3.05) is 6.61 Å². The van der Waals surface area contributed by atoms with E-state index in [0.29, 0.717) is 0 Å². The average Bonchev–Trinajstić information content (AvgIpc) is 2.27. The molecule has 0 aromatic carbocycles. The van der Waals surface area contributed by atoms with Gasteiger partial charge in [-0.05, 0) is 22.4 Å². The number of fused-ring (bicyclic) bond motifs is 1. The molecule has 1 aliphatic rings. The summed E-state index contributed by atoms with van der Waals surface area (Å²) in [4.78, 5) is 4.11. The van der Waals surface area contributed by atoms with Gasteiger partial charge in [-0.3, -0.25) is 4.57 Å². The van der Waals surface area contributed by atoms with Gasteiger partial charge >= 0.3 is 0 Å². The fourth-order valence-electron chi connectivity index (χ4n) is 1.04. The molecule has 1 aliphatic heterocycles. The zero-order valence-corrected chi connectivity index (χ0v) is 6.97. The van der Waals surface area contributed by atoms with Crippen molar-refractivity contribution in [3.8, 4) is 6.01 Å². The normalized spacial score (nSPS) is 16.1. The molecule has 0 atom stereocenters. The minimum Gasteiger partial charge on any atom is -0.465 e. The van der Waals surface area contributed by atoms with Crippen molar-refractivity contribution in [1.29, 1.82) is 0 Å². The topological polar surface area (TPSA) is 27.1 Å². The third-order valence-corrected chi connectivity index (χ3v) is 1.87. The van der Waals surface area contributed by atoms with Gasteiger partial charge in [0.25, 0.3) is 6.01 Å². The van der Waals surface area contributed by atoms with Gasteiger partial charge in [0.05, 0.1) is 6.61 Å². The van der Waals surface area contributed by atoms with Crippen LogP contribution in [0.3, 0.4) is 0 Å². The molecule has 0 unspecified atom stereocenters. The van der Waals surface area contributed by atoms with Gasteiger partial charge in [0.1, 0.15) is 4.60 Å². The first-order valence-corrected chi connectivity index (χ1v) is 4.01. The molecule has 0 saturated carbocycles. The maximum Gasteiger partial charge on any atom is 0.297 e. The largest absolute Gasteiger partial charge is 0.465 e. The third kappa shape index (κ3) is 0.923. The Bertz CT molecular complexity index is 222. The van der Waals surface area contributed by atoms with Crippen LogP contribution in [0.4, 0.5) is 0 Å². The predicted octanol–water partition coefficient (Wildman–Crippen LogP) is 1.43. The number of rotatable bonds is 0. The van der Waals surface area contributed by atoms with Crippen LogP contribution in [0.5, 0.6) is 6.01 Å². The van der Waals surface area contributed by atoms with Crippen LogP contribution in [-0.2, 0) is 6.54 Å². The lowest BCUT2D eigenvalue weighted by Gasteiger charge is -2.13. The standard InChI is InChI=1S/C6H7BrN2O/c7-5-4-9-2-1-3-10-6(9)8-5/h4H,1-3H2. The molecular weight excluding hydrogens is 196 g/mol. The van der Waals surface area contributed by atoms with Crippen molar-refractivity contribution in [3.63, 3.8) is 0 Å². The zero-order valence-electron chi connectivity index (χ0n) is 5.38. The molecule has 2 heterocycles. The molecule has 1 aromatic rings. The lowest BCUT2D eigenvalue weighted by atomic mass is 10.4. The second-order valence-corrected chi connectivity index (χ2v) is 3.05. The predicted molar refractivity (Wildman–Crippen MR) is 40.0 cm³/mol. The number of ether oxygens (including phenoxy) is 1. The molecule has 0 N–H and O–H groups in total. The summed E-state index contributed by atoms with van der Waals surface area (Å²) in [5, 5.41) is 0. The molecular formula is C6H7BrN2O. The Balaban J connectivity index is 2.41. The van der Waals surface area contributed by atoms with Crippen LogP contribution in [0.2, 0.25) is 0 Å². The van der Waals surface area contributed by atoms with Gasteiger partial charge in [-0.1, -0.05) is 0 Å². The van der Waals surface area contributed by atoms with E-state index >= 15 is 0 Å². The second-order valence-electron chi connectivity index (χ2n) is 2.24. The summed E-state index contributed by atoms with van der Waals surface area (Å²) in [5.41, 5.74) is 0. The highest BCUT2D eigenvalue weighted by Crippen LogP contribution is 2.19. The van der Waals surface area contributed by atoms with Gasteiger partial charge in [0.2, 0.25) is 0 Å². The van der Waals surface area contributed by atoms with Gasteiger partial charge in [-0.25, -0.2) is 0 Å². The Labute approximate surface area is 67.1 Å². The lowest BCUT2D eigenvalue weighted by Crippen LogP contribution is -2.13. The molecule has 4 heteroatoms. The van der Waals surface area contributed by atoms with E-state index in [1.165, 1.54) is 0 Å². The quantitative estimate of drug-likeness (QED) is 0.637. The SMILES string of the molecule is Brc1cn2c(n1)OCCC2. The molecule has 0 radical (unpaired) electrons. The highest BCUT2D eigenvalue weighted by molar-refractivity contribution is 9.10. The van der Waals surface area contributed by atoms with Crippen LogP contribution < -0.4 is 4.74 Å². The van der Waals surface area contributed by atoms with Crippen molar-refractivity contribution in [1.82, 2.24) is 9.55 Å². The summed E-state index contributed by atoms with van der Waals surface area (Å²) >= 11 is 3.28. The monoisotopic (exact) mass is 202 g/mol. The zero-order chi connectivity index (χ0) is 6.97. The van der Waals surface area contributed by atoms with E-state index < -0.39 is 0 Å². The van der Waals surface area contributed by atoms with Gasteiger partial charge in [0.15, 0.2) is 0 Å². The molecule has 0 aliphatic carbocycles. The first kappa shape index (κ1) is 6.22. The number of imidazole rings is 1. The van der Waals surface area contributed by atoms with Crippen LogP contribution in [0.25, 0.3) is 0 Å². The number of nitrogens with zero attached hydrogens (tertiary/aromatic N) is 2. The summed E-state index contributed by atoms with van der Waals surface area (Å²) in [5.74, 6) is 0. The molecule has 54 valence electrons. The highest BCUT2D eigenvalue weighted by atomic mass is 79.9. The smallest absolute Gasteiger partial charge is 0.297 e. The first-order chi connectivity index (χ1) is 4.86. The Morgan fingerprint density at radius 1 is 1.70 bits per heavy atom. The fraction of sp³-hybridized carbons (Fsp3) is 0.500. The van der Waals surface area contributed by atoms with Gasteiger partial charge in [-0.15, -0.1) is 0 Å². The van der Waals surface area contributed by atoms with Crippen molar-refractivity contribution in [2.45, 2.75) is 13.0 Å². The summed E-state index contributed by atoms with van der Waals surface area (Å²) in [6, 6.07) is 0.734. The first-order valence-electron chi connectivity index (χ1n) is 3.22. The molecule has 0 spiro atoms. The molecule has 1 aromatic heterocycles. The van der Waals surface area contributed by atoms with Gasteiger partial charge < -0.3 is 4.74 Å². The molecule has 3 nitrogen and oxygen atoms in total. The molecule has 0 fully saturated rings. The number of hydrogen-bond donors (Lipinski definition) is 0. The van der Waals surface area contributed by atoms with Crippen molar-refractivity contribution in [2.24, 2.45) is 0 Å². The van der Waals surface area contributed by atoms with E-state index in [9.17, 15) is 0 Å². The van der Waals surface area contributed by atoms with Crippen molar-refractivity contribution < 1.29 is 4.74 Å². The van der Waals surface area contributed by atoms with E-state index in [-0.39, 0.29) is 0 Å². The van der Waals surface area contributed by atoms with Crippen LogP contribution in [-0.4, -0.2) is 16.2 Å². The summed E-state index contributed by atoms with van der Waals surface area (Å²) in [6.45, 7) is 1.82. The minimum absolute atomic E-state index is 0.734. The summed E-state index contributed by atoms with van der Waals surface area (Å²) in [6.07, 6.45) is 3.02. The highest BCUT2D eigenvalue weighted by Gasteiger charge is 2.11. The Morgan fingerprint density at radius 3 is 3.40 bits per heavy atom. The van der Waals surface area contributed by atoms with Crippen LogP contribution in [0.15, 0.2) is 10.8 Å². The molecule has 10 heavy (non-hydrogen) atoms. The molecule has 0 amide bonds. The van der Waals surface area contributed by atoms with Crippen LogP contribution >= 0.6 is 15.9 Å². The second kappa shape index (κ2) is 2.27. The van der Waals surface area contributed by atoms with Gasteiger partial charge in [-0.2, -0.15) is 4.98 Å². The number of aromatic nitrogens is 2. The van der Waals surface area contributed by atoms with Crippen LogP contribution in [0.1, 0.15) is 6.42 Å². The number of halogens is 1. The Kier molecular flexibility index (Phi) is 1.41. The van der Waals surface area contributed by atoms with E-state index in [0.717, 1.165) is 30.2 Å². The summed E-state index contributed by atoms with van der Waals surface area (Å²) in [7, 11) is 0. The maximum atomic E-state index is 5.27. The Hall–Kier alpha value is -0.510. The van der Waals surface area contributed by atoms with Crippen molar-refractivity contribution >= 4 is 15.9 Å². The van der Waals surface area contributed by atoms with E-state index in [2.05, 4.69) is 20.9 Å². The molecule has 0 saturated heterocycles. The van der Waals surface area contributed by atoms with Crippen LogP contribution in [0, 0.1) is 0 Å². The van der Waals surface area contributed by atoms with Crippen molar-refractivity contribution in [3.05, 3.63) is 10.8 Å². The third-order valence-electron chi connectivity index (χ3n) is 1.49. The van der Waals surface area contributed by atoms with Gasteiger partial charge in [0, 0.05) is 12.7 Å². The summed E-state index contributed by atoms with van der Waals surface area (Å²) < 4.78 is 8.12. The fourth-order valence-corrected chi connectivity index (χ4v) is 1.44. The average molecular weight is 203 g/mol. The maximum absolute atomic E-state index is 5.27. The molecule has 2 rings (SSSR count). The van der Waals surface area contributed by atoms with E-state index in [4.69, 9.17) is 4.74 Å². The van der Waals surface area contributed by atoms with E-state index in [1.54, 1.807) is 0 Å². The number of hydrogen-bond acceptors (Lipinski definition) is 2. The molecule has 0 bridgehead atoms. The minimum atomic E-state index is 0.734. The Morgan fingerprint density at radius 2 is 2.60 bits per heavy atom. The van der Waals surface area contributed by atoms with E-state index in [1.807, 2.05) is 10.8 Å².